The van der Waals surface area contributed by atoms with Crippen LogP contribution in [0.1, 0.15) is 40.5 Å². The van der Waals surface area contributed by atoms with E-state index in [1.54, 1.807) is 0 Å². The van der Waals surface area contributed by atoms with Crippen LogP contribution in [0.3, 0.4) is 0 Å². The highest BCUT2D eigenvalue weighted by molar-refractivity contribution is 7.14. The summed E-state index contributed by atoms with van der Waals surface area (Å²) in [6.45, 7) is 9.95. The zero-order chi connectivity index (χ0) is 24.8. The molecule has 1 saturated heterocycles. The summed E-state index contributed by atoms with van der Waals surface area (Å²) in [6, 6.07) is 5.86. The van der Waals surface area contributed by atoms with E-state index in [1.807, 2.05) is 23.6 Å². The molecule has 1 fully saturated rings. The van der Waals surface area contributed by atoms with E-state index >= 15 is 0 Å². The van der Waals surface area contributed by atoms with Crippen molar-refractivity contribution < 1.29 is 13.9 Å². The maximum absolute atomic E-state index is 14.6. The Balaban J connectivity index is 1.31. The van der Waals surface area contributed by atoms with Crippen molar-refractivity contribution in [2.75, 3.05) is 30.9 Å². The summed E-state index contributed by atoms with van der Waals surface area (Å²) in [5, 5.41) is 9.01. The number of thiazole rings is 1. The number of nitrogens with zero attached hydrogens (tertiary/aromatic N) is 4. The average Bonchev–Trinajstić information content (AvgIpc) is 3.27. The molecule has 0 aliphatic carbocycles. The third-order valence-electron chi connectivity index (χ3n) is 6.95. The number of aromatic nitrogens is 3. The molecule has 0 radical (unpaired) electrons. The van der Waals surface area contributed by atoms with Crippen LogP contribution in [-0.4, -0.2) is 57.2 Å². The van der Waals surface area contributed by atoms with Crippen LogP contribution < -0.4 is 20.1 Å². The molecule has 2 aromatic heterocycles. The van der Waals surface area contributed by atoms with E-state index in [0.717, 1.165) is 29.8 Å². The first-order valence-electron chi connectivity index (χ1n) is 11.8. The number of rotatable bonds is 5. The van der Waals surface area contributed by atoms with Crippen molar-refractivity contribution in [2.24, 2.45) is 0 Å². The number of anilines is 3. The first-order chi connectivity index (χ1) is 16.6. The Morgan fingerprint density at radius 1 is 1.06 bits per heavy atom. The van der Waals surface area contributed by atoms with E-state index in [1.165, 1.54) is 17.5 Å². The van der Waals surface area contributed by atoms with Crippen molar-refractivity contribution in [3.8, 4) is 22.8 Å². The Bertz CT molecular complexity index is 1210. The summed E-state index contributed by atoms with van der Waals surface area (Å²) >= 11 is 1.43. The molecule has 5 rings (SSSR count). The Kier molecular flexibility index (Phi) is 6.04. The Labute approximate surface area is 208 Å². The van der Waals surface area contributed by atoms with E-state index in [2.05, 4.69) is 65.2 Å². The van der Waals surface area contributed by atoms with Gasteiger partial charge in [0.2, 0.25) is 5.95 Å². The number of nitrogens with one attached hydrogen (secondary N) is 2. The fourth-order valence-corrected chi connectivity index (χ4v) is 5.67. The van der Waals surface area contributed by atoms with Crippen molar-refractivity contribution in [3.05, 3.63) is 35.6 Å². The predicted molar refractivity (Wildman–Crippen MR) is 136 cm³/mol. The van der Waals surface area contributed by atoms with E-state index in [-0.39, 0.29) is 22.9 Å². The van der Waals surface area contributed by atoms with Gasteiger partial charge in [-0.05, 0) is 65.8 Å². The molecule has 4 heterocycles. The second-order valence-electron chi connectivity index (χ2n) is 10.3. The van der Waals surface area contributed by atoms with Crippen molar-refractivity contribution in [1.82, 2.24) is 19.9 Å². The molecule has 1 aromatic carbocycles. The summed E-state index contributed by atoms with van der Waals surface area (Å²) < 4.78 is 25.9. The van der Waals surface area contributed by atoms with Crippen LogP contribution in [0, 0.1) is 5.82 Å². The molecule has 2 aliphatic rings. The lowest BCUT2D eigenvalue weighted by atomic mass is 9.77. The summed E-state index contributed by atoms with van der Waals surface area (Å²) in [5.41, 5.74) is 1.68. The van der Waals surface area contributed by atoms with Crippen LogP contribution in [0.2, 0.25) is 0 Å². The van der Waals surface area contributed by atoms with E-state index in [9.17, 15) is 4.39 Å². The summed E-state index contributed by atoms with van der Waals surface area (Å²) in [4.78, 5) is 15.6. The lowest BCUT2D eigenvalue weighted by Gasteiger charge is -2.53. The van der Waals surface area contributed by atoms with Crippen LogP contribution in [0.25, 0.3) is 11.3 Å². The SMILES string of the molecule is CN1C(C)(C)CC(Nc2nc(Nc3nc(-c4ccc5c(c4)OCCO5)cs3)ncc2F)CC1(C)C. The van der Waals surface area contributed by atoms with Gasteiger partial charge in [0.15, 0.2) is 28.3 Å². The van der Waals surface area contributed by atoms with Gasteiger partial charge in [-0.15, -0.1) is 11.3 Å². The van der Waals surface area contributed by atoms with Crippen LogP contribution in [-0.2, 0) is 0 Å². The highest BCUT2D eigenvalue weighted by Gasteiger charge is 2.43. The van der Waals surface area contributed by atoms with Crippen LogP contribution >= 0.6 is 11.3 Å². The van der Waals surface area contributed by atoms with E-state index < -0.39 is 5.82 Å². The minimum absolute atomic E-state index is 0.0187. The topological polar surface area (TPSA) is 84.4 Å². The fourth-order valence-electron chi connectivity index (χ4n) is 4.96. The van der Waals surface area contributed by atoms with Gasteiger partial charge in [-0.2, -0.15) is 4.98 Å². The van der Waals surface area contributed by atoms with Crippen LogP contribution in [0.15, 0.2) is 29.8 Å². The standard InChI is InChI=1S/C25H31FN6O2S/c1-24(2)11-16(12-25(3,4)32(24)5)28-21-17(26)13-27-22(30-21)31-23-29-18(14-35-23)15-6-7-19-20(10-15)34-9-8-33-19/h6-7,10,13-14,16H,8-9,11-12H2,1-5H3,(H2,27,28,29,30,31). The summed E-state index contributed by atoms with van der Waals surface area (Å²) in [7, 11) is 2.15. The van der Waals surface area contributed by atoms with Crippen LogP contribution in [0.4, 0.5) is 21.3 Å². The normalized spacial score (nSPS) is 19.4. The molecule has 0 amide bonds. The molecule has 3 aromatic rings. The van der Waals surface area contributed by atoms with Gasteiger partial charge >= 0.3 is 0 Å². The zero-order valence-electron chi connectivity index (χ0n) is 20.7. The molecule has 8 nitrogen and oxygen atoms in total. The van der Waals surface area contributed by atoms with Crippen molar-refractivity contribution in [2.45, 2.75) is 57.7 Å². The van der Waals surface area contributed by atoms with Crippen molar-refractivity contribution in [3.63, 3.8) is 0 Å². The minimum Gasteiger partial charge on any atom is -0.486 e. The number of fused-ring (bicyclic) bond motifs is 1. The zero-order valence-corrected chi connectivity index (χ0v) is 21.5. The summed E-state index contributed by atoms with van der Waals surface area (Å²) in [6.07, 6.45) is 2.95. The number of hydrogen-bond donors (Lipinski definition) is 2. The van der Waals surface area contributed by atoms with Gasteiger partial charge in [0.05, 0.1) is 11.9 Å². The molecule has 10 heteroatoms. The second kappa shape index (κ2) is 8.91. The van der Waals surface area contributed by atoms with Gasteiger partial charge in [0.25, 0.3) is 0 Å². The number of ether oxygens (including phenoxy) is 2. The number of halogens is 1. The Hall–Kier alpha value is -2.98. The van der Waals surface area contributed by atoms with Gasteiger partial charge in [0, 0.05) is 28.1 Å². The van der Waals surface area contributed by atoms with E-state index in [4.69, 9.17) is 9.47 Å². The monoisotopic (exact) mass is 498 g/mol. The maximum Gasteiger partial charge on any atom is 0.231 e. The predicted octanol–water partition coefficient (Wildman–Crippen LogP) is 5.32. The molecule has 0 saturated carbocycles. The van der Waals surface area contributed by atoms with Crippen LogP contribution in [0.5, 0.6) is 11.5 Å². The molecule has 0 atom stereocenters. The molecule has 186 valence electrons. The third kappa shape index (κ3) is 4.90. The lowest BCUT2D eigenvalue weighted by molar-refractivity contribution is -0.00778. The first kappa shape index (κ1) is 23.7. The number of likely N-dealkylation sites (tertiary alicyclic amines) is 1. The molecule has 2 aliphatic heterocycles. The van der Waals surface area contributed by atoms with Gasteiger partial charge in [0.1, 0.15) is 13.2 Å². The van der Waals surface area contributed by atoms with Gasteiger partial charge in [-0.25, -0.2) is 14.4 Å². The largest absolute Gasteiger partial charge is 0.486 e. The number of benzene rings is 1. The molecular formula is C25H31FN6O2S. The summed E-state index contributed by atoms with van der Waals surface area (Å²) in [5.74, 6) is 1.48. The second-order valence-corrected chi connectivity index (χ2v) is 11.2. The molecule has 0 spiro atoms. The van der Waals surface area contributed by atoms with Crippen molar-refractivity contribution >= 4 is 28.2 Å². The smallest absolute Gasteiger partial charge is 0.231 e. The number of hydrogen-bond acceptors (Lipinski definition) is 9. The maximum atomic E-state index is 14.6. The highest BCUT2D eigenvalue weighted by atomic mass is 32.1. The average molecular weight is 499 g/mol. The number of piperidine rings is 1. The Morgan fingerprint density at radius 3 is 2.51 bits per heavy atom. The third-order valence-corrected chi connectivity index (χ3v) is 7.71. The molecule has 0 unspecified atom stereocenters. The lowest BCUT2D eigenvalue weighted by Crippen LogP contribution is -2.61. The molecule has 35 heavy (non-hydrogen) atoms. The van der Waals surface area contributed by atoms with Crippen molar-refractivity contribution in [1.29, 1.82) is 0 Å². The fraction of sp³-hybridized carbons (Fsp3) is 0.480. The quantitative estimate of drug-likeness (QED) is 0.489. The Morgan fingerprint density at radius 2 is 1.77 bits per heavy atom. The highest BCUT2D eigenvalue weighted by Crippen LogP contribution is 2.38. The molecule has 0 bridgehead atoms. The van der Waals surface area contributed by atoms with Gasteiger partial charge in [-0.3, -0.25) is 10.2 Å². The minimum atomic E-state index is -0.471. The van der Waals surface area contributed by atoms with Gasteiger partial charge < -0.3 is 14.8 Å². The first-order valence-corrected chi connectivity index (χ1v) is 12.6. The molecule has 2 N–H and O–H groups in total. The van der Waals surface area contributed by atoms with Gasteiger partial charge in [-0.1, -0.05) is 0 Å². The molecular weight excluding hydrogens is 467 g/mol. The van der Waals surface area contributed by atoms with E-state index in [0.29, 0.717) is 30.0 Å².